The lowest BCUT2D eigenvalue weighted by Gasteiger charge is -2.15. The van der Waals surface area contributed by atoms with Crippen LogP contribution in [0.25, 0.3) is 0 Å². The number of carbonyl (C=O) groups excluding carboxylic acids is 1. The molecule has 0 heterocycles. The quantitative estimate of drug-likeness (QED) is 0.545. The van der Waals surface area contributed by atoms with Crippen LogP contribution in [0.15, 0.2) is 0 Å². The molecule has 102 valence electrons. The van der Waals surface area contributed by atoms with Crippen LogP contribution in [0, 0.1) is 5.92 Å². The molecule has 0 bridgehead atoms. The summed E-state index contributed by atoms with van der Waals surface area (Å²) in [4.78, 5) is 11.4. The zero-order chi connectivity index (χ0) is 13.3. The van der Waals surface area contributed by atoms with Gasteiger partial charge in [-0.15, -0.1) is 0 Å². The third kappa shape index (κ3) is 9.09. The average Bonchev–Trinajstić information content (AvgIpc) is 2.25. The smallest absolute Gasteiger partial charge is 0.237 e. The Bertz CT molecular complexity index is 210. The number of hydrogen-bond donors (Lipinski definition) is 3. The van der Waals surface area contributed by atoms with Crippen LogP contribution in [0.5, 0.6) is 0 Å². The van der Waals surface area contributed by atoms with E-state index in [1.54, 1.807) is 0 Å². The molecule has 0 saturated heterocycles. The van der Waals surface area contributed by atoms with E-state index < -0.39 is 12.1 Å². The predicted octanol–water partition coefficient (Wildman–Crippen LogP) is 0.264. The van der Waals surface area contributed by atoms with Crippen LogP contribution in [-0.4, -0.2) is 42.9 Å². The molecular formula is C12H26N2O3. The van der Waals surface area contributed by atoms with Gasteiger partial charge in [-0.2, -0.15) is 0 Å². The summed E-state index contributed by atoms with van der Waals surface area (Å²) in [6, 6.07) is -0.483. The first-order valence-corrected chi connectivity index (χ1v) is 6.26. The number of aliphatic hydroxyl groups excluding tert-OH is 1. The second-order valence-electron chi connectivity index (χ2n) is 4.73. The lowest BCUT2D eigenvalue weighted by atomic mass is 10.1. The molecule has 4 N–H and O–H groups in total. The van der Waals surface area contributed by atoms with Crippen molar-refractivity contribution in [3.63, 3.8) is 0 Å². The van der Waals surface area contributed by atoms with Crippen molar-refractivity contribution in [2.45, 2.75) is 45.8 Å². The molecule has 0 aromatic rings. The highest BCUT2D eigenvalue weighted by Crippen LogP contribution is 1.95. The van der Waals surface area contributed by atoms with Gasteiger partial charge in [0.2, 0.25) is 5.91 Å². The van der Waals surface area contributed by atoms with Gasteiger partial charge >= 0.3 is 0 Å². The molecule has 0 aliphatic rings. The lowest BCUT2D eigenvalue weighted by Crippen LogP contribution is -2.44. The van der Waals surface area contributed by atoms with E-state index in [0.717, 1.165) is 6.42 Å². The summed E-state index contributed by atoms with van der Waals surface area (Å²) in [6.07, 6.45) is 0.854. The number of nitrogens with two attached hydrogens (primary N) is 1. The minimum Gasteiger partial charge on any atom is -0.389 e. The normalized spacial score (nSPS) is 14.7. The molecule has 0 saturated carbocycles. The molecule has 0 aromatic carbocycles. The number of hydrogen-bond acceptors (Lipinski definition) is 4. The molecule has 5 nitrogen and oxygen atoms in total. The highest BCUT2D eigenvalue weighted by molar-refractivity contribution is 5.81. The Morgan fingerprint density at radius 3 is 2.59 bits per heavy atom. The van der Waals surface area contributed by atoms with Crippen LogP contribution >= 0.6 is 0 Å². The Balaban J connectivity index is 3.61. The number of rotatable bonds is 9. The van der Waals surface area contributed by atoms with Crippen molar-refractivity contribution in [3.8, 4) is 0 Å². The van der Waals surface area contributed by atoms with Gasteiger partial charge in [0.1, 0.15) is 0 Å². The summed E-state index contributed by atoms with van der Waals surface area (Å²) in [5, 5.41) is 12.2. The van der Waals surface area contributed by atoms with E-state index in [0.29, 0.717) is 18.9 Å². The summed E-state index contributed by atoms with van der Waals surface area (Å²) in [5.41, 5.74) is 5.63. The van der Waals surface area contributed by atoms with Gasteiger partial charge in [-0.05, 0) is 12.3 Å². The first kappa shape index (κ1) is 16.4. The first-order chi connectivity index (χ1) is 7.97. The minimum atomic E-state index is -0.675. The largest absolute Gasteiger partial charge is 0.389 e. The number of ether oxygens (including phenoxy) is 1. The summed E-state index contributed by atoms with van der Waals surface area (Å²) in [5.74, 6) is 0.226. The molecular weight excluding hydrogens is 220 g/mol. The van der Waals surface area contributed by atoms with Crippen LogP contribution in [0.4, 0.5) is 0 Å². The Morgan fingerprint density at radius 2 is 2.06 bits per heavy atom. The van der Waals surface area contributed by atoms with E-state index in [-0.39, 0.29) is 19.1 Å². The molecule has 0 radical (unpaired) electrons. The monoisotopic (exact) mass is 246 g/mol. The zero-order valence-corrected chi connectivity index (χ0v) is 11.1. The van der Waals surface area contributed by atoms with Gasteiger partial charge in [-0.25, -0.2) is 0 Å². The van der Waals surface area contributed by atoms with Crippen LogP contribution in [0.3, 0.4) is 0 Å². The van der Waals surface area contributed by atoms with Crippen molar-refractivity contribution in [2.75, 3.05) is 19.8 Å². The molecule has 0 fully saturated rings. The number of carbonyl (C=O) groups is 1. The molecule has 2 unspecified atom stereocenters. The van der Waals surface area contributed by atoms with Crippen LogP contribution < -0.4 is 11.1 Å². The van der Waals surface area contributed by atoms with E-state index in [1.807, 2.05) is 20.8 Å². The van der Waals surface area contributed by atoms with Crippen LogP contribution in [-0.2, 0) is 9.53 Å². The summed E-state index contributed by atoms with van der Waals surface area (Å²) in [6.45, 7) is 7.09. The standard InChI is InChI=1S/C12H26N2O3/c1-4-5-11(13)12(16)14-6-10(15)8-17-7-9(2)3/h9-11,15H,4-8,13H2,1-3H3,(H,14,16). The van der Waals surface area contributed by atoms with E-state index >= 15 is 0 Å². The number of amides is 1. The van der Waals surface area contributed by atoms with Crippen molar-refractivity contribution in [2.24, 2.45) is 11.7 Å². The highest BCUT2D eigenvalue weighted by Gasteiger charge is 2.13. The topological polar surface area (TPSA) is 84.6 Å². The Hall–Kier alpha value is -0.650. The maximum Gasteiger partial charge on any atom is 0.237 e. The lowest BCUT2D eigenvalue weighted by molar-refractivity contribution is -0.123. The van der Waals surface area contributed by atoms with Gasteiger partial charge in [0.05, 0.1) is 18.8 Å². The fraction of sp³-hybridized carbons (Fsp3) is 0.917. The summed E-state index contributed by atoms with van der Waals surface area (Å²) < 4.78 is 5.26. The van der Waals surface area contributed by atoms with Gasteiger partial charge in [0.25, 0.3) is 0 Å². The minimum absolute atomic E-state index is 0.189. The van der Waals surface area contributed by atoms with Gasteiger partial charge in [0.15, 0.2) is 0 Å². The molecule has 0 aliphatic heterocycles. The second kappa shape index (κ2) is 9.39. The third-order valence-electron chi connectivity index (χ3n) is 2.21. The summed E-state index contributed by atoms with van der Waals surface area (Å²) in [7, 11) is 0. The molecule has 0 aromatic heterocycles. The van der Waals surface area contributed by atoms with Crippen molar-refractivity contribution in [1.82, 2.24) is 5.32 Å². The molecule has 0 aliphatic carbocycles. The van der Waals surface area contributed by atoms with Gasteiger partial charge in [-0.1, -0.05) is 27.2 Å². The Kier molecular flexibility index (Phi) is 9.03. The SMILES string of the molecule is CCCC(N)C(=O)NCC(O)COCC(C)C. The maximum absolute atomic E-state index is 11.4. The predicted molar refractivity (Wildman–Crippen MR) is 67.6 cm³/mol. The fourth-order valence-electron chi connectivity index (χ4n) is 1.29. The van der Waals surface area contributed by atoms with E-state index in [4.69, 9.17) is 10.5 Å². The Morgan fingerprint density at radius 1 is 1.41 bits per heavy atom. The molecule has 0 rings (SSSR count). The fourth-order valence-corrected chi connectivity index (χ4v) is 1.29. The van der Waals surface area contributed by atoms with Crippen molar-refractivity contribution in [3.05, 3.63) is 0 Å². The first-order valence-electron chi connectivity index (χ1n) is 6.26. The van der Waals surface area contributed by atoms with Crippen molar-refractivity contribution >= 4 is 5.91 Å². The molecule has 5 heteroatoms. The van der Waals surface area contributed by atoms with E-state index in [2.05, 4.69) is 5.32 Å². The zero-order valence-electron chi connectivity index (χ0n) is 11.1. The van der Waals surface area contributed by atoms with Crippen LogP contribution in [0.2, 0.25) is 0 Å². The second-order valence-corrected chi connectivity index (χ2v) is 4.73. The van der Waals surface area contributed by atoms with Crippen LogP contribution in [0.1, 0.15) is 33.6 Å². The van der Waals surface area contributed by atoms with Crippen molar-refractivity contribution in [1.29, 1.82) is 0 Å². The average molecular weight is 246 g/mol. The number of nitrogens with one attached hydrogen (secondary N) is 1. The highest BCUT2D eigenvalue weighted by atomic mass is 16.5. The third-order valence-corrected chi connectivity index (χ3v) is 2.21. The molecule has 1 amide bonds. The molecule has 0 spiro atoms. The van der Waals surface area contributed by atoms with Gasteiger partial charge in [0, 0.05) is 13.2 Å². The molecule has 2 atom stereocenters. The van der Waals surface area contributed by atoms with E-state index in [9.17, 15) is 9.90 Å². The number of aliphatic hydroxyl groups is 1. The maximum atomic E-state index is 11.4. The van der Waals surface area contributed by atoms with Crippen molar-refractivity contribution < 1.29 is 14.6 Å². The Labute approximate surface area is 104 Å². The van der Waals surface area contributed by atoms with E-state index in [1.165, 1.54) is 0 Å². The van der Waals surface area contributed by atoms with Gasteiger partial charge < -0.3 is 20.9 Å². The van der Waals surface area contributed by atoms with Gasteiger partial charge in [-0.3, -0.25) is 4.79 Å². The summed E-state index contributed by atoms with van der Waals surface area (Å²) >= 11 is 0. The molecule has 17 heavy (non-hydrogen) atoms.